The molecule has 0 bridgehead atoms. The van der Waals surface area contributed by atoms with Crippen molar-refractivity contribution in [2.75, 3.05) is 10.6 Å². The highest BCUT2D eigenvalue weighted by Crippen LogP contribution is 2.41. The molecule has 1 aliphatic rings. The van der Waals surface area contributed by atoms with Gasteiger partial charge in [0.1, 0.15) is 0 Å². The van der Waals surface area contributed by atoms with E-state index in [1.165, 1.54) is 16.9 Å². The van der Waals surface area contributed by atoms with Gasteiger partial charge in [0.05, 0.1) is 22.7 Å². The van der Waals surface area contributed by atoms with Gasteiger partial charge in [0, 0.05) is 0 Å². The van der Waals surface area contributed by atoms with Crippen LogP contribution in [-0.4, -0.2) is 0 Å². The number of benzene rings is 2. The fraction of sp³-hybridized carbons (Fsp3) is 0.294. The maximum Gasteiger partial charge on any atom is 0.0656 e. The third-order valence-corrected chi connectivity index (χ3v) is 3.33. The summed E-state index contributed by atoms with van der Waals surface area (Å²) >= 11 is 0. The van der Waals surface area contributed by atoms with Crippen LogP contribution in [0.1, 0.15) is 26.3 Å². The average Bonchev–Trinajstić information content (AvgIpc) is 2.35. The van der Waals surface area contributed by atoms with E-state index in [0.29, 0.717) is 0 Å². The Morgan fingerprint density at radius 2 is 1.42 bits per heavy atom. The fourth-order valence-electron chi connectivity index (χ4n) is 2.55. The van der Waals surface area contributed by atoms with Crippen molar-refractivity contribution in [1.29, 1.82) is 0 Å². The van der Waals surface area contributed by atoms with Crippen LogP contribution in [0.15, 0.2) is 42.5 Å². The van der Waals surface area contributed by atoms with Crippen LogP contribution in [0.5, 0.6) is 0 Å². The van der Waals surface area contributed by atoms with Crippen molar-refractivity contribution in [3.8, 4) is 0 Å². The highest BCUT2D eigenvalue weighted by Gasteiger charge is 2.19. The number of rotatable bonds is 1. The Kier molecular flexibility index (Phi) is 2.74. The Morgan fingerprint density at radius 1 is 0.789 bits per heavy atom. The van der Waals surface area contributed by atoms with Gasteiger partial charge in [-0.2, -0.15) is 0 Å². The first-order valence-corrected chi connectivity index (χ1v) is 6.78. The third kappa shape index (κ3) is 2.43. The molecule has 0 unspecified atom stereocenters. The molecule has 19 heavy (non-hydrogen) atoms. The summed E-state index contributed by atoms with van der Waals surface area (Å²) in [5.74, 6) is 0. The molecule has 2 aromatic carbocycles. The minimum atomic E-state index is 0.285. The van der Waals surface area contributed by atoms with Gasteiger partial charge in [-0.3, -0.25) is 0 Å². The summed E-state index contributed by atoms with van der Waals surface area (Å²) in [7, 11) is 0. The Hall–Kier alpha value is -1.96. The summed E-state index contributed by atoms with van der Waals surface area (Å²) in [6, 6.07) is 14.8. The van der Waals surface area contributed by atoms with E-state index in [0.717, 1.165) is 17.8 Å². The minimum absolute atomic E-state index is 0.285. The lowest BCUT2D eigenvalue weighted by Gasteiger charge is -2.27. The van der Waals surface area contributed by atoms with Crippen molar-refractivity contribution in [2.45, 2.75) is 27.2 Å². The molecule has 3 rings (SSSR count). The zero-order valence-electron chi connectivity index (χ0n) is 11.7. The molecule has 0 fully saturated rings. The van der Waals surface area contributed by atoms with Crippen LogP contribution in [-0.2, 0) is 6.42 Å². The summed E-state index contributed by atoms with van der Waals surface area (Å²) in [6.07, 6.45) is 1.06. The lowest BCUT2D eigenvalue weighted by Crippen LogP contribution is -2.13. The normalized spacial score (nSPS) is 13.0. The molecular formula is C17H20N2. The SMILES string of the molecule is CC(C)(C)Cc1cccc2c1Nc1ccccc1N2. The number of fused-ring (bicyclic) bond motifs is 2. The van der Waals surface area contributed by atoms with Gasteiger partial charge in [-0.25, -0.2) is 0 Å². The van der Waals surface area contributed by atoms with Crippen LogP contribution in [0.2, 0.25) is 0 Å². The smallest absolute Gasteiger partial charge is 0.0656 e. The molecule has 2 heteroatoms. The molecule has 0 saturated heterocycles. The Morgan fingerprint density at radius 3 is 2.11 bits per heavy atom. The van der Waals surface area contributed by atoms with Crippen LogP contribution >= 0.6 is 0 Å². The molecule has 1 aliphatic heterocycles. The van der Waals surface area contributed by atoms with Crippen molar-refractivity contribution in [3.63, 3.8) is 0 Å². The molecule has 2 nitrogen and oxygen atoms in total. The second-order valence-electron chi connectivity index (χ2n) is 6.37. The van der Waals surface area contributed by atoms with Gasteiger partial charge >= 0.3 is 0 Å². The van der Waals surface area contributed by atoms with Crippen LogP contribution in [0.25, 0.3) is 0 Å². The number of para-hydroxylation sites is 3. The van der Waals surface area contributed by atoms with Gasteiger partial charge in [0.25, 0.3) is 0 Å². The van der Waals surface area contributed by atoms with Crippen molar-refractivity contribution in [3.05, 3.63) is 48.0 Å². The van der Waals surface area contributed by atoms with Crippen LogP contribution in [0.3, 0.4) is 0 Å². The van der Waals surface area contributed by atoms with Crippen molar-refractivity contribution < 1.29 is 0 Å². The lowest BCUT2D eigenvalue weighted by molar-refractivity contribution is 0.412. The van der Waals surface area contributed by atoms with E-state index in [9.17, 15) is 0 Å². The first-order valence-electron chi connectivity index (χ1n) is 6.78. The van der Waals surface area contributed by atoms with E-state index in [1.54, 1.807) is 0 Å². The molecule has 0 aliphatic carbocycles. The molecule has 0 atom stereocenters. The molecule has 0 radical (unpaired) electrons. The first kappa shape index (κ1) is 12.1. The van der Waals surface area contributed by atoms with E-state index in [-0.39, 0.29) is 5.41 Å². The van der Waals surface area contributed by atoms with Crippen molar-refractivity contribution >= 4 is 22.7 Å². The van der Waals surface area contributed by atoms with E-state index >= 15 is 0 Å². The molecule has 0 aromatic heterocycles. The number of nitrogens with one attached hydrogen (secondary N) is 2. The minimum Gasteiger partial charge on any atom is -0.352 e. The Bertz CT molecular complexity index is 609. The average molecular weight is 252 g/mol. The summed E-state index contributed by atoms with van der Waals surface area (Å²) < 4.78 is 0. The first-order chi connectivity index (χ1) is 9.03. The number of hydrogen-bond acceptors (Lipinski definition) is 2. The highest BCUT2D eigenvalue weighted by molar-refractivity contribution is 5.91. The van der Waals surface area contributed by atoms with Crippen LogP contribution in [0, 0.1) is 5.41 Å². The summed E-state index contributed by atoms with van der Waals surface area (Å²) in [5.41, 5.74) is 6.33. The summed E-state index contributed by atoms with van der Waals surface area (Å²) in [5, 5.41) is 7.07. The monoisotopic (exact) mass is 252 g/mol. The van der Waals surface area contributed by atoms with Crippen LogP contribution in [0.4, 0.5) is 22.7 Å². The van der Waals surface area contributed by atoms with Gasteiger partial charge in [0.2, 0.25) is 0 Å². The lowest BCUT2D eigenvalue weighted by atomic mass is 9.87. The van der Waals surface area contributed by atoms with Crippen molar-refractivity contribution in [2.24, 2.45) is 5.41 Å². The summed E-state index contributed by atoms with van der Waals surface area (Å²) in [4.78, 5) is 0. The molecule has 1 heterocycles. The van der Waals surface area contributed by atoms with E-state index in [2.05, 4.69) is 73.9 Å². The second kappa shape index (κ2) is 4.30. The molecule has 0 saturated carbocycles. The van der Waals surface area contributed by atoms with Crippen LogP contribution < -0.4 is 10.6 Å². The number of anilines is 4. The highest BCUT2D eigenvalue weighted by atomic mass is 15.0. The Labute approximate surface area is 114 Å². The second-order valence-corrected chi connectivity index (χ2v) is 6.37. The van der Waals surface area contributed by atoms with Gasteiger partial charge in [0.15, 0.2) is 0 Å². The predicted octanol–water partition coefficient (Wildman–Crippen LogP) is 5.08. The summed E-state index contributed by atoms with van der Waals surface area (Å²) in [6.45, 7) is 6.82. The largest absolute Gasteiger partial charge is 0.352 e. The molecule has 0 spiro atoms. The van der Waals surface area contributed by atoms with E-state index in [4.69, 9.17) is 0 Å². The predicted molar refractivity (Wildman–Crippen MR) is 82.6 cm³/mol. The van der Waals surface area contributed by atoms with Gasteiger partial charge in [-0.05, 0) is 35.6 Å². The maximum atomic E-state index is 3.57. The van der Waals surface area contributed by atoms with Crippen molar-refractivity contribution in [1.82, 2.24) is 0 Å². The standard InChI is InChI=1S/C17H20N2/c1-17(2,3)11-12-7-6-10-15-16(12)19-14-9-5-4-8-13(14)18-15/h4-10,18-19H,11H2,1-3H3. The molecule has 2 N–H and O–H groups in total. The topological polar surface area (TPSA) is 24.1 Å². The fourth-order valence-corrected chi connectivity index (χ4v) is 2.55. The van der Waals surface area contributed by atoms with Gasteiger partial charge < -0.3 is 10.6 Å². The molecule has 98 valence electrons. The molecular weight excluding hydrogens is 232 g/mol. The quantitative estimate of drug-likeness (QED) is 0.631. The van der Waals surface area contributed by atoms with E-state index < -0.39 is 0 Å². The molecule has 2 aromatic rings. The zero-order chi connectivity index (χ0) is 13.5. The zero-order valence-corrected chi connectivity index (χ0v) is 11.7. The number of hydrogen-bond donors (Lipinski definition) is 2. The molecule has 0 amide bonds. The van der Waals surface area contributed by atoms with Gasteiger partial charge in [-0.1, -0.05) is 45.0 Å². The maximum absolute atomic E-state index is 3.57. The van der Waals surface area contributed by atoms with E-state index in [1.807, 2.05) is 0 Å². The third-order valence-electron chi connectivity index (χ3n) is 3.33. The Balaban J connectivity index is 2.01. The van der Waals surface area contributed by atoms with Gasteiger partial charge in [-0.15, -0.1) is 0 Å².